The summed E-state index contributed by atoms with van der Waals surface area (Å²) in [5.41, 5.74) is -2.87. The van der Waals surface area contributed by atoms with Crippen LogP contribution >= 0.6 is 0 Å². The van der Waals surface area contributed by atoms with Crippen molar-refractivity contribution < 1.29 is 42.8 Å². The molecule has 49 heavy (non-hydrogen) atoms. The predicted octanol–water partition coefficient (Wildman–Crippen LogP) is 8.69. The summed E-state index contributed by atoms with van der Waals surface area (Å²) in [6.45, 7) is 27.9. The zero-order valence-corrected chi connectivity index (χ0v) is 33.0. The maximum atomic E-state index is 14.3. The molecule has 1 aliphatic carbocycles. The third-order valence-electron chi connectivity index (χ3n) is 12.4. The predicted molar refractivity (Wildman–Crippen MR) is 187 cm³/mol. The zero-order valence-electron chi connectivity index (χ0n) is 33.0. The first-order chi connectivity index (χ1) is 22.4. The minimum atomic E-state index is -1.18. The molecule has 4 aliphatic rings. The van der Waals surface area contributed by atoms with Crippen molar-refractivity contribution in [1.82, 2.24) is 0 Å². The van der Waals surface area contributed by atoms with Crippen LogP contribution < -0.4 is 0 Å². The van der Waals surface area contributed by atoms with Gasteiger partial charge in [-0.1, -0.05) is 89.0 Å². The van der Waals surface area contributed by atoms with E-state index in [-0.39, 0.29) is 22.2 Å². The number of unbranched alkanes of at least 4 members (excludes halogenated alkanes) is 1. The SMILES string of the molecule is CCCCOC(=O)C(C)(CC(C)(C)C)C(C)(C)CCC(C)(C)CC(C)(C(=O)OC1C(=O)OC2C3OC4(CCCCC4)OC3OC12)C(C)(C)C. The molecule has 7 atom stereocenters. The Balaban J connectivity index is 1.46. The Labute approximate surface area is 296 Å². The third kappa shape index (κ3) is 8.35. The van der Waals surface area contributed by atoms with Crippen LogP contribution in [0.1, 0.15) is 161 Å². The molecule has 0 aromatic heterocycles. The highest BCUT2D eigenvalue weighted by molar-refractivity contribution is 5.85. The molecule has 0 aromatic carbocycles. The van der Waals surface area contributed by atoms with Crippen molar-refractivity contribution in [1.29, 1.82) is 0 Å². The van der Waals surface area contributed by atoms with Crippen LogP contribution in [0.5, 0.6) is 0 Å². The lowest BCUT2D eigenvalue weighted by atomic mass is 9.56. The summed E-state index contributed by atoms with van der Waals surface area (Å²) in [7, 11) is 0. The van der Waals surface area contributed by atoms with Gasteiger partial charge in [0.05, 0.1) is 17.4 Å². The molecule has 7 unspecified atom stereocenters. The highest BCUT2D eigenvalue weighted by Crippen LogP contribution is 2.55. The normalized spacial score (nSPS) is 29.5. The van der Waals surface area contributed by atoms with Crippen molar-refractivity contribution in [2.75, 3.05) is 6.61 Å². The first-order valence-electron chi connectivity index (χ1n) is 19.0. The van der Waals surface area contributed by atoms with Gasteiger partial charge in [0.2, 0.25) is 6.10 Å². The van der Waals surface area contributed by atoms with Gasteiger partial charge in [0.25, 0.3) is 0 Å². The molecule has 3 heterocycles. The second-order valence-electron chi connectivity index (χ2n) is 19.7. The number of hydrogen-bond acceptors (Lipinski definition) is 9. The van der Waals surface area contributed by atoms with Gasteiger partial charge in [-0.05, 0) is 80.5 Å². The fraction of sp³-hybridized carbons (Fsp3) is 0.925. The van der Waals surface area contributed by atoms with Gasteiger partial charge < -0.3 is 28.4 Å². The first kappa shape index (κ1) is 40.1. The van der Waals surface area contributed by atoms with Crippen molar-refractivity contribution in [3.8, 4) is 0 Å². The largest absolute Gasteiger partial charge is 0.465 e. The number of esters is 3. The van der Waals surface area contributed by atoms with Crippen LogP contribution in [0.15, 0.2) is 0 Å². The molecule has 1 spiro atoms. The molecule has 0 amide bonds. The van der Waals surface area contributed by atoms with Gasteiger partial charge in [-0.3, -0.25) is 9.59 Å². The molecule has 0 bridgehead atoms. The van der Waals surface area contributed by atoms with Gasteiger partial charge in [0.1, 0.15) is 6.10 Å². The quantitative estimate of drug-likeness (QED) is 0.106. The number of ether oxygens (including phenoxy) is 6. The van der Waals surface area contributed by atoms with Gasteiger partial charge in [0, 0.05) is 12.8 Å². The highest BCUT2D eigenvalue weighted by atomic mass is 16.9. The second-order valence-corrected chi connectivity index (χ2v) is 19.7. The van der Waals surface area contributed by atoms with Gasteiger partial charge in [-0.15, -0.1) is 0 Å². The average Bonchev–Trinajstić information content (AvgIpc) is 3.57. The van der Waals surface area contributed by atoms with Crippen molar-refractivity contribution in [3.05, 3.63) is 0 Å². The number of carbonyl (C=O) groups excluding carboxylic acids is 3. The Bertz CT molecular complexity index is 1200. The fourth-order valence-electron chi connectivity index (χ4n) is 8.49. The molecule has 3 aliphatic heterocycles. The minimum Gasteiger partial charge on any atom is -0.465 e. The van der Waals surface area contributed by atoms with Gasteiger partial charge in [-0.25, -0.2) is 4.79 Å². The smallest absolute Gasteiger partial charge is 0.350 e. The Hall–Kier alpha value is -1.71. The van der Waals surface area contributed by atoms with E-state index < -0.39 is 64.7 Å². The van der Waals surface area contributed by atoms with E-state index in [4.69, 9.17) is 28.4 Å². The van der Waals surface area contributed by atoms with Crippen molar-refractivity contribution >= 4 is 17.9 Å². The molecule has 1 saturated carbocycles. The molecule has 4 rings (SSSR count). The number of carbonyl (C=O) groups is 3. The Morgan fingerprint density at radius 3 is 1.98 bits per heavy atom. The average molecular weight is 693 g/mol. The molecule has 9 heteroatoms. The second kappa shape index (κ2) is 14.0. The molecular formula is C40H68O9. The standard InChI is InChI=1S/C40H68O9/c1-14-15-23-44-32(42)39(13,24-34(2,3)4)37(10,11)22-21-36(8,9)25-38(12,35(5,6)7)33(43)47-28-26-27(45-30(28)41)29-31(46-26)49-40(48-29)19-17-16-18-20-40/h26-29,31H,14-25H2,1-13H3. The maximum Gasteiger partial charge on any atom is 0.350 e. The molecule has 4 fully saturated rings. The van der Waals surface area contributed by atoms with E-state index in [9.17, 15) is 14.4 Å². The molecule has 282 valence electrons. The minimum absolute atomic E-state index is 0.0719. The molecule has 0 N–H and O–H groups in total. The lowest BCUT2D eigenvalue weighted by molar-refractivity contribution is -0.246. The molecule has 0 aromatic rings. The fourth-order valence-corrected chi connectivity index (χ4v) is 8.49. The highest BCUT2D eigenvalue weighted by Gasteiger charge is 2.66. The van der Waals surface area contributed by atoms with E-state index in [0.717, 1.165) is 57.8 Å². The molecule has 3 saturated heterocycles. The van der Waals surface area contributed by atoms with E-state index in [1.807, 2.05) is 27.7 Å². The third-order valence-corrected chi connectivity index (χ3v) is 12.4. The van der Waals surface area contributed by atoms with Crippen molar-refractivity contribution in [2.45, 2.75) is 197 Å². The van der Waals surface area contributed by atoms with Gasteiger partial charge in [-0.2, -0.15) is 0 Å². The topological polar surface area (TPSA) is 107 Å². The van der Waals surface area contributed by atoms with Gasteiger partial charge in [0.15, 0.2) is 24.3 Å². The summed E-state index contributed by atoms with van der Waals surface area (Å²) in [5, 5.41) is 0. The van der Waals surface area contributed by atoms with Crippen LogP contribution in [0.25, 0.3) is 0 Å². The van der Waals surface area contributed by atoms with E-state index in [1.54, 1.807) is 0 Å². The van der Waals surface area contributed by atoms with Crippen LogP contribution in [0.2, 0.25) is 0 Å². The van der Waals surface area contributed by atoms with Crippen molar-refractivity contribution in [2.24, 2.45) is 32.5 Å². The van der Waals surface area contributed by atoms with E-state index in [0.29, 0.717) is 19.4 Å². The number of fused-ring (bicyclic) bond motifs is 3. The first-order valence-corrected chi connectivity index (χ1v) is 19.0. The van der Waals surface area contributed by atoms with E-state index in [1.165, 1.54) is 0 Å². The Kier molecular flexibility index (Phi) is 11.5. The number of rotatable bonds is 13. The zero-order chi connectivity index (χ0) is 36.8. The van der Waals surface area contributed by atoms with Crippen LogP contribution in [-0.4, -0.2) is 61.0 Å². The molecule has 0 radical (unpaired) electrons. The summed E-state index contributed by atoms with van der Waals surface area (Å²) >= 11 is 0. The van der Waals surface area contributed by atoms with Crippen LogP contribution in [-0.2, 0) is 42.8 Å². The van der Waals surface area contributed by atoms with E-state index >= 15 is 0 Å². The maximum absolute atomic E-state index is 14.3. The van der Waals surface area contributed by atoms with Crippen LogP contribution in [0.4, 0.5) is 0 Å². The van der Waals surface area contributed by atoms with E-state index in [2.05, 4.69) is 62.3 Å². The van der Waals surface area contributed by atoms with Gasteiger partial charge >= 0.3 is 17.9 Å². The summed E-state index contributed by atoms with van der Waals surface area (Å²) < 4.78 is 36.5. The summed E-state index contributed by atoms with van der Waals surface area (Å²) in [5.74, 6) is -1.86. The van der Waals surface area contributed by atoms with Crippen LogP contribution in [0.3, 0.4) is 0 Å². The Morgan fingerprint density at radius 2 is 1.41 bits per heavy atom. The summed E-state index contributed by atoms with van der Waals surface area (Å²) in [6, 6.07) is 0. The van der Waals surface area contributed by atoms with Crippen LogP contribution in [0, 0.1) is 32.5 Å². The summed E-state index contributed by atoms with van der Waals surface area (Å²) in [6.07, 6.45) is 5.56. The lowest BCUT2D eigenvalue weighted by Gasteiger charge is -2.48. The lowest BCUT2D eigenvalue weighted by Crippen LogP contribution is -2.49. The Morgan fingerprint density at radius 1 is 0.776 bits per heavy atom. The number of hydrogen-bond donors (Lipinski definition) is 0. The summed E-state index contributed by atoms with van der Waals surface area (Å²) in [4.78, 5) is 41.2. The van der Waals surface area contributed by atoms with Crippen molar-refractivity contribution in [3.63, 3.8) is 0 Å². The molecule has 9 nitrogen and oxygen atoms in total. The molecular weight excluding hydrogens is 624 g/mol. The monoisotopic (exact) mass is 692 g/mol.